The van der Waals surface area contributed by atoms with E-state index in [4.69, 9.17) is 4.74 Å². The van der Waals surface area contributed by atoms with E-state index < -0.39 is 0 Å². The summed E-state index contributed by atoms with van der Waals surface area (Å²) in [4.78, 5) is 2.69. The van der Waals surface area contributed by atoms with Crippen LogP contribution in [-0.4, -0.2) is 49.8 Å². The monoisotopic (exact) mass is 240 g/mol. The number of hydrogen-bond donors (Lipinski definition) is 1. The van der Waals surface area contributed by atoms with Crippen molar-refractivity contribution in [3.63, 3.8) is 0 Å². The molecule has 0 aromatic heterocycles. The first-order valence-electron chi connectivity index (χ1n) is 7.09. The van der Waals surface area contributed by atoms with Crippen LogP contribution < -0.4 is 5.32 Å². The lowest BCUT2D eigenvalue weighted by Gasteiger charge is -2.57. The maximum atomic E-state index is 5.55. The molecular weight excluding hydrogens is 212 g/mol. The third-order valence-electron chi connectivity index (χ3n) is 4.78. The van der Waals surface area contributed by atoms with Crippen LogP contribution in [0.25, 0.3) is 0 Å². The molecule has 1 aliphatic carbocycles. The summed E-state index contributed by atoms with van der Waals surface area (Å²) in [5.41, 5.74) is 0.322. The predicted octanol–water partition coefficient (Wildman–Crippen LogP) is 1.87. The second-order valence-electron chi connectivity index (χ2n) is 6.23. The molecule has 0 aromatic carbocycles. The number of ether oxygens (including phenoxy) is 1. The standard InChI is InChI=1S/C14H28N2O/c1-5-6-11-10-16(8-7-15-11)12-9-13(17-4)14(12,2)3/h11-13,15H,5-10H2,1-4H3. The van der Waals surface area contributed by atoms with Crippen molar-refractivity contribution in [1.29, 1.82) is 0 Å². The van der Waals surface area contributed by atoms with E-state index in [0.717, 1.165) is 6.54 Å². The van der Waals surface area contributed by atoms with Crippen molar-refractivity contribution in [3.05, 3.63) is 0 Å². The van der Waals surface area contributed by atoms with Gasteiger partial charge in [-0.2, -0.15) is 0 Å². The fraction of sp³-hybridized carbons (Fsp3) is 1.00. The smallest absolute Gasteiger partial charge is 0.0652 e. The Hall–Kier alpha value is -0.120. The van der Waals surface area contributed by atoms with Crippen molar-refractivity contribution < 1.29 is 4.74 Å². The molecule has 2 fully saturated rings. The van der Waals surface area contributed by atoms with Crippen molar-refractivity contribution in [3.8, 4) is 0 Å². The lowest BCUT2D eigenvalue weighted by molar-refractivity contribution is -0.142. The van der Waals surface area contributed by atoms with Gasteiger partial charge in [-0.05, 0) is 12.8 Å². The fourth-order valence-electron chi connectivity index (χ4n) is 3.56. The molecular formula is C14H28N2O. The molecule has 0 amide bonds. The average molecular weight is 240 g/mol. The van der Waals surface area contributed by atoms with Crippen LogP contribution in [0.4, 0.5) is 0 Å². The summed E-state index contributed by atoms with van der Waals surface area (Å²) in [5, 5.41) is 3.63. The number of methoxy groups -OCH3 is 1. The largest absolute Gasteiger partial charge is 0.381 e. The molecule has 2 aliphatic rings. The summed E-state index contributed by atoms with van der Waals surface area (Å²) >= 11 is 0. The van der Waals surface area contributed by atoms with Gasteiger partial charge >= 0.3 is 0 Å². The molecule has 1 N–H and O–H groups in total. The summed E-state index contributed by atoms with van der Waals surface area (Å²) in [7, 11) is 1.85. The minimum atomic E-state index is 0.322. The highest BCUT2D eigenvalue weighted by atomic mass is 16.5. The zero-order valence-electron chi connectivity index (χ0n) is 11.8. The molecule has 3 atom stereocenters. The third kappa shape index (κ3) is 2.51. The highest BCUT2D eigenvalue weighted by Crippen LogP contribution is 2.45. The van der Waals surface area contributed by atoms with Gasteiger partial charge in [0.2, 0.25) is 0 Å². The molecule has 2 rings (SSSR count). The molecule has 100 valence electrons. The summed E-state index contributed by atoms with van der Waals surface area (Å²) < 4.78 is 5.55. The van der Waals surface area contributed by atoms with Gasteiger partial charge in [-0.3, -0.25) is 4.90 Å². The predicted molar refractivity (Wildman–Crippen MR) is 71.3 cm³/mol. The lowest BCUT2D eigenvalue weighted by atomic mass is 9.63. The van der Waals surface area contributed by atoms with Gasteiger partial charge < -0.3 is 10.1 Å². The maximum absolute atomic E-state index is 5.55. The Morgan fingerprint density at radius 1 is 1.41 bits per heavy atom. The van der Waals surface area contributed by atoms with Crippen LogP contribution in [0.5, 0.6) is 0 Å². The Balaban J connectivity index is 1.90. The lowest BCUT2D eigenvalue weighted by Crippen LogP contribution is -2.66. The maximum Gasteiger partial charge on any atom is 0.0652 e. The van der Waals surface area contributed by atoms with Gasteiger partial charge in [0.25, 0.3) is 0 Å². The topological polar surface area (TPSA) is 24.5 Å². The fourth-order valence-corrected chi connectivity index (χ4v) is 3.56. The second-order valence-corrected chi connectivity index (χ2v) is 6.23. The van der Waals surface area contributed by atoms with E-state index in [2.05, 4.69) is 31.0 Å². The Bertz CT molecular complexity index is 253. The van der Waals surface area contributed by atoms with Gasteiger partial charge in [-0.15, -0.1) is 0 Å². The van der Waals surface area contributed by atoms with Crippen LogP contribution in [0.3, 0.4) is 0 Å². The normalized spacial score (nSPS) is 37.8. The number of nitrogens with zero attached hydrogens (tertiary/aromatic N) is 1. The summed E-state index contributed by atoms with van der Waals surface area (Å²) in [6.45, 7) is 10.5. The van der Waals surface area contributed by atoms with Crippen molar-refractivity contribution in [2.45, 2.75) is 58.2 Å². The molecule has 0 aromatic rings. The molecule has 0 bridgehead atoms. The van der Waals surface area contributed by atoms with E-state index in [-0.39, 0.29) is 0 Å². The van der Waals surface area contributed by atoms with Crippen molar-refractivity contribution in [2.75, 3.05) is 26.7 Å². The Morgan fingerprint density at radius 3 is 2.76 bits per heavy atom. The number of nitrogens with one attached hydrogen (secondary N) is 1. The van der Waals surface area contributed by atoms with Crippen molar-refractivity contribution in [2.24, 2.45) is 5.41 Å². The molecule has 1 aliphatic heterocycles. The van der Waals surface area contributed by atoms with Crippen LogP contribution in [-0.2, 0) is 4.74 Å². The molecule has 17 heavy (non-hydrogen) atoms. The number of piperazine rings is 1. The van der Waals surface area contributed by atoms with Crippen LogP contribution in [0.1, 0.15) is 40.0 Å². The van der Waals surface area contributed by atoms with E-state index in [1.165, 1.54) is 32.4 Å². The molecule has 1 saturated carbocycles. The Morgan fingerprint density at radius 2 is 2.18 bits per heavy atom. The molecule has 1 saturated heterocycles. The molecule has 0 spiro atoms. The average Bonchev–Trinajstić information content (AvgIpc) is 2.29. The molecule has 0 radical (unpaired) electrons. The second kappa shape index (κ2) is 5.25. The zero-order valence-corrected chi connectivity index (χ0v) is 11.8. The highest BCUT2D eigenvalue weighted by Gasteiger charge is 2.51. The van der Waals surface area contributed by atoms with E-state index in [1.807, 2.05) is 7.11 Å². The van der Waals surface area contributed by atoms with Gasteiger partial charge in [0.1, 0.15) is 0 Å². The molecule has 3 unspecified atom stereocenters. The first kappa shape index (κ1) is 13.3. The van der Waals surface area contributed by atoms with Crippen molar-refractivity contribution >= 4 is 0 Å². The van der Waals surface area contributed by atoms with E-state index in [1.54, 1.807) is 0 Å². The van der Waals surface area contributed by atoms with Crippen molar-refractivity contribution in [1.82, 2.24) is 10.2 Å². The van der Waals surface area contributed by atoms with E-state index in [9.17, 15) is 0 Å². The SMILES string of the molecule is CCCC1CN(C2CC(OC)C2(C)C)CCN1. The number of hydrogen-bond acceptors (Lipinski definition) is 3. The minimum absolute atomic E-state index is 0.322. The first-order chi connectivity index (χ1) is 8.09. The third-order valence-corrected chi connectivity index (χ3v) is 4.78. The highest BCUT2D eigenvalue weighted by molar-refractivity contribution is 5.04. The number of rotatable bonds is 4. The van der Waals surface area contributed by atoms with Crippen LogP contribution in [0.2, 0.25) is 0 Å². The zero-order chi connectivity index (χ0) is 12.5. The van der Waals surface area contributed by atoms with E-state index in [0.29, 0.717) is 23.6 Å². The summed E-state index contributed by atoms with van der Waals surface area (Å²) in [6.07, 6.45) is 4.24. The van der Waals surface area contributed by atoms with Gasteiger partial charge in [0, 0.05) is 44.2 Å². The Labute approximate surface area is 106 Å². The summed E-state index contributed by atoms with van der Waals surface area (Å²) in [5.74, 6) is 0. The van der Waals surface area contributed by atoms with Gasteiger partial charge in [0.15, 0.2) is 0 Å². The van der Waals surface area contributed by atoms with Gasteiger partial charge in [0.05, 0.1) is 6.10 Å². The first-order valence-corrected chi connectivity index (χ1v) is 7.09. The minimum Gasteiger partial charge on any atom is -0.381 e. The van der Waals surface area contributed by atoms with Crippen LogP contribution in [0, 0.1) is 5.41 Å². The van der Waals surface area contributed by atoms with Crippen LogP contribution in [0.15, 0.2) is 0 Å². The van der Waals surface area contributed by atoms with Gasteiger partial charge in [-0.1, -0.05) is 27.2 Å². The van der Waals surface area contributed by atoms with Gasteiger partial charge in [-0.25, -0.2) is 0 Å². The molecule has 1 heterocycles. The molecule has 3 heteroatoms. The molecule has 3 nitrogen and oxygen atoms in total. The van der Waals surface area contributed by atoms with E-state index >= 15 is 0 Å². The summed E-state index contributed by atoms with van der Waals surface area (Å²) in [6, 6.07) is 1.42. The quantitative estimate of drug-likeness (QED) is 0.812. The van der Waals surface area contributed by atoms with Crippen LogP contribution >= 0.6 is 0 Å². The Kier molecular flexibility index (Phi) is 4.11.